The number of hydrogen-bond donors (Lipinski definition) is 1. The summed E-state index contributed by atoms with van der Waals surface area (Å²) < 4.78 is 10.2. The van der Waals surface area contributed by atoms with Gasteiger partial charge in [-0.15, -0.1) is 0 Å². The van der Waals surface area contributed by atoms with Gasteiger partial charge in [0.1, 0.15) is 17.3 Å². The largest absolute Gasteiger partial charge is 0.465 e. The van der Waals surface area contributed by atoms with Crippen LogP contribution in [-0.2, 0) is 14.3 Å². The van der Waals surface area contributed by atoms with E-state index in [1.165, 1.54) is 0 Å². The topological polar surface area (TPSA) is 88.8 Å². The summed E-state index contributed by atoms with van der Waals surface area (Å²) in [6, 6.07) is 8.26. The zero-order valence-corrected chi connectivity index (χ0v) is 14.0. The molecule has 1 aromatic heterocycles. The van der Waals surface area contributed by atoms with Gasteiger partial charge in [0.2, 0.25) is 5.91 Å². The van der Waals surface area contributed by atoms with Crippen LogP contribution < -0.4 is 10.9 Å². The van der Waals surface area contributed by atoms with Crippen molar-refractivity contribution in [2.45, 2.75) is 25.8 Å². The van der Waals surface area contributed by atoms with Crippen molar-refractivity contribution < 1.29 is 18.7 Å². The van der Waals surface area contributed by atoms with E-state index in [9.17, 15) is 14.4 Å². The molecule has 2 aromatic rings. The number of para-hydroxylation sites is 1. The molecule has 7 heteroatoms. The molecule has 1 saturated heterocycles. The minimum absolute atomic E-state index is 0.0236. The molecule has 0 spiro atoms. The number of anilines is 1. The number of ether oxygens (including phenoxy) is 1. The Kier molecular flexibility index (Phi) is 5.14. The van der Waals surface area contributed by atoms with Gasteiger partial charge in [-0.2, -0.15) is 0 Å². The van der Waals surface area contributed by atoms with E-state index in [-0.39, 0.29) is 24.1 Å². The van der Waals surface area contributed by atoms with Crippen molar-refractivity contribution in [3.63, 3.8) is 0 Å². The maximum absolute atomic E-state index is 12.3. The second-order valence-electron chi connectivity index (χ2n) is 5.91. The molecule has 1 aliphatic heterocycles. The summed E-state index contributed by atoms with van der Waals surface area (Å²) in [5.74, 6) is -0.670. The molecule has 0 bridgehead atoms. The summed E-state index contributed by atoms with van der Waals surface area (Å²) in [6.07, 6.45) is 1.50. The van der Waals surface area contributed by atoms with Crippen LogP contribution in [0.1, 0.15) is 19.8 Å². The lowest BCUT2D eigenvalue weighted by Gasteiger charge is -2.21. The van der Waals surface area contributed by atoms with Crippen molar-refractivity contribution in [1.82, 2.24) is 4.90 Å². The number of rotatable bonds is 5. The van der Waals surface area contributed by atoms with Gasteiger partial charge in [0.25, 0.3) is 0 Å². The van der Waals surface area contributed by atoms with Gasteiger partial charge in [0.05, 0.1) is 13.2 Å². The molecule has 0 unspecified atom stereocenters. The number of benzene rings is 1. The molecule has 0 radical (unpaired) electrons. The fourth-order valence-electron chi connectivity index (χ4n) is 3.04. The lowest BCUT2D eigenvalue weighted by atomic mass is 10.2. The molecule has 2 heterocycles. The van der Waals surface area contributed by atoms with Gasteiger partial charge < -0.3 is 14.5 Å². The number of nitrogens with zero attached hydrogens (tertiary/aromatic N) is 1. The maximum atomic E-state index is 12.3. The molecule has 1 amide bonds. The summed E-state index contributed by atoms with van der Waals surface area (Å²) in [5.41, 5.74) is -0.0431. The molecule has 1 aliphatic rings. The number of likely N-dealkylation sites (tertiary alicyclic amines) is 1. The van der Waals surface area contributed by atoms with Crippen LogP contribution in [0.2, 0.25) is 0 Å². The molecular weight excluding hydrogens is 324 g/mol. The van der Waals surface area contributed by atoms with E-state index in [1.54, 1.807) is 36.1 Å². The number of nitrogens with one attached hydrogen (secondary N) is 1. The highest BCUT2D eigenvalue weighted by atomic mass is 16.5. The molecule has 3 rings (SSSR count). The quantitative estimate of drug-likeness (QED) is 0.657. The first kappa shape index (κ1) is 17.2. The molecular formula is C18H20N2O5. The smallest absolute Gasteiger partial charge is 0.360 e. The highest BCUT2D eigenvalue weighted by molar-refractivity contribution is 5.94. The first-order chi connectivity index (χ1) is 12.1. The van der Waals surface area contributed by atoms with E-state index in [2.05, 4.69) is 5.32 Å². The van der Waals surface area contributed by atoms with Crippen LogP contribution in [0.5, 0.6) is 0 Å². The number of carbonyl (C=O) groups is 2. The Bertz CT molecular complexity index is 845. The molecule has 1 N–H and O–H groups in total. The van der Waals surface area contributed by atoms with Crippen molar-refractivity contribution in [2.24, 2.45) is 0 Å². The highest BCUT2D eigenvalue weighted by Gasteiger charge is 2.33. The average Bonchev–Trinajstić information content (AvgIpc) is 3.04. The predicted octanol–water partition coefficient (Wildman–Crippen LogP) is 1.76. The maximum Gasteiger partial charge on any atom is 0.360 e. The molecule has 1 fully saturated rings. The monoisotopic (exact) mass is 344 g/mol. The van der Waals surface area contributed by atoms with Gasteiger partial charge in [0, 0.05) is 5.39 Å². The van der Waals surface area contributed by atoms with Crippen LogP contribution in [0.15, 0.2) is 39.5 Å². The Morgan fingerprint density at radius 3 is 2.96 bits per heavy atom. The van der Waals surface area contributed by atoms with Crippen LogP contribution in [-0.4, -0.2) is 42.5 Å². The van der Waals surface area contributed by atoms with E-state index in [0.717, 1.165) is 11.8 Å². The van der Waals surface area contributed by atoms with Crippen molar-refractivity contribution in [2.75, 3.05) is 25.0 Å². The SMILES string of the molecule is CCOC(=O)[C@H]1CCCN1CC(=O)Nc1cc2ccccc2oc1=O. The molecule has 0 saturated carbocycles. The van der Waals surface area contributed by atoms with Crippen molar-refractivity contribution >= 4 is 28.5 Å². The Hall–Kier alpha value is -2.67. The minimum atomic E-state index is -0.601. The molecule has 132 valence electrons. The van der Waals surface area contributed by atoms with Gasteiger partial charge in [-0.1, -0.05) is 18.2 Å². The third-order valence-electron chi connectivity index (χ3n) is 4.18. The lowest BCUT2D eigenvalue weighted by molar-refractivity contribution is -0.148. The first-order valence-corrected chi connectivity index (χ1v) is 8.32. The van der Waals surface area contributed by atoms with Gasteiger partial charge in [-0.25, -0.2) is 4.79 Å². The Labute approximate surface area is 144 Å². The summed E-state index contributed by atoms with van der Waals surface area (Å²) >= 11 is 0. The van der Waals surface area contributed by atoms with Crippen LogP contribution in [0, 0.1) is 0 Å². The Morgan fingerprint density at radius 1 is 1.36 bits per heavy atom. The average molecular weight is 344 g/mol. The van der Waals surface area contributed by atoms with Crippen LogP contribution in [0.4, 0.5) is 5.69 Å². The number of esters is 1. The second-order valence-corrected chi connectivity index (χ2v) is 5.91. The van der Waals surface area contributed by atoms with Crippen LogP contribution in [0.3, 0.4) is 0 Å². The number of carbonyl (C=O) groups excluding carboxylic acids is 2. The van der Waals surface area contributed by atoms with Gasteiger partial charge in [0.15, 0.2) is 0 Å². The van der Waals surface area contributed by atoms with Crippen molar-refractivity contribution in [3.05, 3.63) is 40.8 Å². The van der Waals surface area contributed by atoms with Gasteiger partial charge >= 0.3 is 11.6 Å². The zero-order chi connectivity index (χ0) is 17.8. The molecule has 1 atom stereocenters. The van der Waals surface area contributed by atoms with E-state index < -0.39 is 11.7 Å². The molecule has 0 aliphatic carbocycles. The zero-order valence-electron chi connectivity index (χ0n) is 14.0. The predicted molar refractivity (Wildman–Crippen MR) is 92.3 cm³/mol. The molecule has 7 nitrogen and oxygen atoms in total. The minimum Gasteiger partial charge on any atom is -0.465 e. The van der Waals surface area contributed by atoms with Gasteiger partial charge in [-0.05, 0) is 38.4 Å². The summed E-state index contributed by atoms with van der Waals surface area (Å²) in [5, 5.41) is 3.31. The van der Waals surface area contributed by atoms with E-state index in [1.807, 2.05) is 6.07 Å². The van der Waals surface area contributed by atoms with Crippen LogP contribution in [0.25, 0.3) is 11.0 Å². The third kappa shape index (κ3) is 3.88. The van der Waals surface area contributed by atoms with E-state index in [4.69, 9.17) is 9.15 Å². The fourth-order valence-corrected chi connectivity index (χ4v) is 3.04. The van der Waals surface area contributed by atoms with Crippen LogP contribution >= 0.6 is 0 Å². The second kappa shape index (κ2) is 7.48. The molecule has 25 heavy (non-hydrogen) atoms. The third-order valence-corrected chi connectivity index (χ3v) is 4.18. The first-order valence-electron chi connectivity index (χ1n) is 8.32. The Morgan fingerprint density at radius 2 is 2.16 bits per heavy atom. The summed E-state index contributed by atoms with van der Waals surface area (Å²) in [6.45, 7) is 2.73. The summed E-state index contributed by atoms with van der Waals surface area (Å²) in [7, 11) is 0. The number of fused-ring (bicyclic) bond motifs is 1. The summed E-state index contributed by atoms with van der Waals surface area (Å²) in [4.78, 5) is 38.0. The van der Waals surface area contributed by atoms with E-state index in [0.29, 0.717) is 25.2 Å². The Balaban J connectivity index is 1.69. The lowest BCUT2D eigenvalue weighted by Crippen LogP contribution is -2.42. The molecule has 1 aromatic carbocycles. The highest BCUT2D eigenvalue weighted by Crippen LogP contribution is 2.19. The van der Waals surface area contributed by atoms with Crippen molar-refractivity contribution in [3.8, 4) is 0 Å². The van der Waals surface area contributed by atoms with E-state index >= 15 is 0 Å². The number of hydrogen-bond acceptors (Lipinski definition) is 6. The van der Waals surface area contributed by atoms with Crippen molar-refractivity contribution in [1.29, 1.82) is 0 Å². The normalized spacial score (nSPS) is 17.6. The fraction of sp³-hybridized carbons (Fsp3) is 0.389. The van der Waals surface area contributed by atoms with Gasteiger partial charge in [-0.3, -0.25) is 14.5 Å². The number of amides is 1. The standard InChI is InChI=1S/C18H20N2O5/c1-2-24-18(23)14-7-5-9-20(14)11-16(21)19-13-10-12-6-3-4-8-15(12)25-17(13)22/h3-4,6,8,10,14H,2,5,7,9,11H2,1H3,(H,19,21)/t14-/m1/s1.